The normalized spacial score (nSPS) is 15.2. The molecular weight excluding hydrogens is 383 g/mol. The number of nitrogens with one attached hydrogen (secondary N) is 2. The van der Waals surface area contributed by atoms with E-state index in [0.29, 0.717) is 26.3 Å². The first-order chi connectivity index (χ1) is 13.8. The maximum Gasteiger partial charge on any atom is 0.416 e. The van der Waals surface area contributed by atoms with Gasteiger partial charge in [-0.1, -0.05) is 12.1 Å². The van der Waals surface area contributed by atoms with Crippen molar-refractivity contribution in [3.8, 4) is 0 Å². The molecule has 0 bridgehead atoms. The molecule has 1 fully saturated rings. The Morgan fingerprint density at radius 3 is 2.41 bits per heavy atom. The summed E-state index contributed by atoms with van der Waals surface area (Å²) in [5.41, 5.74) is 2.56. The maximum absolute atomic E-state index is 12.6. The maximum atomic E-state index is 12.6. The van der Waals surface area contributed by atoms with Crippen LogP contribution in [-0.2, 0) is 22.3 Å². The zero-order chi connectivity index (χ0) is 20.9. The van der Waals surface area contributed by atoms with Crippen molar-refractivity contribution in [1.29, 1.82) is 0 Å². The van der Waals surface area contributed by atoms with Gasteiger partial charge < -0.3 is 15.4 Å². The van der Waals surface area contributed by atoms with E-state index in [1.54, 1.807) is 0 Å². The Kier molecular flexibility index (Phi) is 6.76. The fourth-order valence-corrected chi connectivity index (χ4v) is 3.08. The van der Waals surface area contributed by atoms with E-state index in [1.807, 2.05) is 30.0 Å². The number of aryl methyl sites for hydroxylation is 1. The minimum Gasteiger partial charge on any atom is -0.381 e. The fraction of sp³-hybridized carbons (Fsp3) is 0.381. The number of hydrogen-bond donors (Lipinski definition) is 2. The van der Waals surface area contributed by atoms with E-state index < -0.39 is 11.7 Å². The smallest absolute Gasteiger partial charge is 0.381 e. The molecule has 5 nitrogen and oxygen atoms in total. The lowest BCUT2D eigenvalue weighted by Crippen LogP contribution is -2.41. The van der Waals surface area contributed by atoms with Crippen LogP contribution in [0.4, 0.5) is 24.5 Å². The molecule has 1 saturated heterocycles. The lowest BCUT2D eigenvalue weighted by Gasteiger charge is -2.25. The number of rotatable bonds is 6. The van der Waals surface area contributed by atoms with Crippen LogP contribution in [0.3, 0.4) is 0 Å². The van der Waals surface area contributed by atoms with Gasteiger partial charge in [-0.2, -0.15) is 13.2 Å². The number of benzene rings is 2. The number of ether oxygens (including phenoxy) is 1. The Bertz CT molecular complexity index is 832. The van der Waals surface area contributed by atoms with E-state index in [0.717, 1.165) is 47.7 Å². The molecule has 0 atom stereocenters. The summed E-state index contributed by atoms with van der Waals surface area (Å²) in [6, 6.07) is 10.6. The molecule has 0 aliphatic carbocycles. The molecule has 3 rings (SSSR count). The summed E-state index contributed by atoms with van der Waals surface area (Å²) in [5, 5.41) is 6.11. The van der Waals surface area contributed by atoms with Crippen molar-refractivity contribution in [2.45, 2.75) is 19.6 Å². The van der Waals surface area contributed by atoms with Crippen LogP contribution in [0, 0.1) is 6.92 Å². The summed E-state index contributed by atoms with van der Waals surface area (Å²) < 4.78 is 43.1. The number of alkyl halides is 3. The molecule has 2 N–H and O–H groups in total. The monoisotopic (exact) mass is 407 g/mol. The summed E-state index contributed by atoms with van der Waals surface area (Å²) in [4.78, 5) is 14.3. The van der Waals surface area contributed by atoms with Gasteiger partial charge in [0, 0.05) is 31.0 Å². The second-order valence-electron chi connectivity index (χ2n) is 7.01. The molecule has 8 heteroatoms. The number of halogens is 3. The molecule has 29 heavy (non-hydrogen) atoms. The molecule has 0 aromatic heterocycles. The van der Waals surface area contributed by atoms with Crippen LogP contribution in [0.15, 0.2) is 42.5 Å². The van der Waals surface area contributed by atoms with Crippen LogP contribution in [0.1, 0.15) is 16.7 Å². The van der Waals surface area contributed by atoms with Gasteiger partial charge in [0.2, 0.25) is 5.91 Å². The van der Waals surface area contributed by atoms with Crippen molar-refractivity contribution in [2.24, 2.45) is 0 Å². The molecule has 1 amide bonds. The summed E-state index contributed by atoms with van der Waals surface area (Å²) in [6.45, 7) is 5.42. The Morgan fingerprint density at radius 2 is 1.79 bits per heavy atom. The third kappa shape index (κ3) is 6.20. The zero-order valence-electron chi connectivity index (χ0n) is 16.2. The minimum absolute atomic E-state index is 0.0690. The van der Waals surface area contributed by atoms with Crippen LogP contribution < -0.4 is 10.6 Å². The highest BCUT2D eigenvalue weighted by atomic mass is 19.4. The van der Waals surface area contributed by atoms with E-state index in [2.05, 4.69) is 10.6 Å². The average Bonchev–Trinajstić information content (AvgIpc) is 2.68. The number of morpholine rings is 1. The van der Waals surface area contributed by atoms with Crippen LogP contribution in [0.25, 0.3) is 0 Å². The standard InChI is InChI=1S/C21H24F3N3O2/c1-15-12-18(25-13-16-2-4-17(5-3-16)21(22,23)24)6-7-19(15)26-20(28)14-27-8-10-29-11-9-27/h2-7,12,25H,8-11,13-14H2,1H3,(H,26,28). The van der Waals surface area contributed by atoms with Gasteiger partial charge in [0.15, 0.2) is 0 Å². The van der Waals surface area contributed by atoms with Gasteiger partial charge in [-0.25, -0.2) is 0 Å². The molecule has 0 spiro atoms. The lowest BCUT2D eigenvalue weighted by atomic mass is 10.1. The summed E-state index contributed by atoms with van der Waals surface area (Å²) in [5.74, 6) is -0.0690. The molecule has 2 aromatic rings. The zero-order valence-corrected chi connectivity index (χ0v) is 16.2. The highest BCUT2D eigenvalue weighted by Gasteiger charge is 2.29. The largest absolute Gasteiger partial charge is 0.416 e. The van der Waals surface area contributed by atoms with Gasteiger partial charge in [0.05, 0.1) is 25.3 Å². The fourth-order valence-electron chi connectivity index (χ4n) is 3.08. The predicted molar refractivity (Wildman–Crippen MR) is 106 cm³/mol. The van der Waals surface area contributed by atoms with Gasteiger partial charge >= 0.3 is 6.18 Å². The molecule has 0 saturated carbocycles. The second kappa shape index (κ2) is 9.28. The quantitative estimate of drug-likeness (QED) is 0.763. The van der Waals surface area contributed by atoms with Gasteiger partial charge in [-0.15, -0.1) is 0 Å². The number of nitrogens with zero attached hydrogens (tertiary/aromatic N) is 1. The minimum atomic E-state index is -4.33. The second-order valence-corrected chi connectivity index (χ2v) is 7.01. The molecule has 1 heterocycles. The Labute approximate surface area is 167 Å². The summed E-state index contributed by atoms with van der Waals surface area (Å²) in [7, 11) is 0. The Balaban J connectivity index is 1.53. The van der Waals surface area contributed by atoms with Crippen LogP contribution >= 0.6 is 0 Å². The number of carbonyl (C=O) groups is 1. The average molecular weight is 407 g/mol. The third-order valence-electron chi connectivity index (χ3n) is 4.75. The first kappa shape index (κ1) is 21.1. The summed E-state index contributed by atoms with van der Waals surface area (Å²) in [6.07, 6.45) is -4.33. The first-order valence-electron chi connectivity index (χ1n) is 9.42. The van der Waals surface area contributed by atoms with Crippen LogP contribution in [0.2, 0.25) is 0 Å². The number of hydrogen-bond acceptors (Lipinski definition) is 4. The molecule has 2 aromatic carbocycles. The van der Waals surface area contributed by atoms with Crippen molar-refractivity contribution in [3.05, 3.63) is 59.2 Å². The number of anilines is 2. The lowest BCUT2D eigenvalue weighted by molar-refractivity contribution is -0.137. The van der Waals surface area contributed by atoms with E-state index in [4.69, 9.17) is 4.74 Å². The Morgan fingerprint density at radius 1 is 1.10 bits per heavy atom. The van der Waals surface area contributed by atoms with Crippen molar-refractivity contribution >= 4 is 17.3 Å². The van der Waals surface area contributed by atoms with Gasteiger partial charge in [-0.3, -0.25) is 9.69 Å². The molecule has 0 unspecified atom stereocenters. The van der Waals surface area contributed by atoms with Crippen molar-refractivity contribution < 1.29 is 22.7 Å². The van der Waals surface area contributed by atoms with E-state index in [1.165, 1.54) is 12.1 Å². The van der Waals surface area contributed by atoms with Crippen molar-refractivity contribution in [2.75, 3.05) is 43.5 Å². The number of amides is 1. The summed E-state index contributed by atoms with van der Waals surface area (Å²) >= 11 is 0. The Hall–Kier alpha value is -2.58. The van der Waals surface area contributed by atoms with Crippen molar-refractivity contribution in [1.82, 2.24) is 4.90 Å². The molecule has 1 aliphatic rings. The molecule has 1 aliphatic heterocycles. The van der Waals surface area contributed by atoms with E-state index in [9.17, 15) is 18.0 Å². The molecule has 156 valence electrons. The highest BCUT2D eigenvalue weighted by Crippen LogP contribution is 2.29. The highest BCUT2D eigenvalue weighted by molar-refractivity contribution is 5.93. The topological polar surface area (TPSA) is 53.6 Å². The van der Waals surface area contributed by atoms with E-state index >= 15 is 0 Å². The third-order valence-corrected chi connectivity index (χ3v) is 4.75. The molecular formula is C21H24F3N3O2. The first-order valence-corrected chi connectivity index (χ1v) is 9.42. The van der Waals surface area contributed by atoms with Gasteiger partial charge in [0.1, 0.15) is 0 Å². The molecule has 0 radical (unpaired) electrons. The van der Waals surface area contributed by atoms with Crippen LogP contribution in [0.5, 0.6) is 0 Å². The predicted octanol–water partition coefficient (Wildman–Crippen LogP) is 3.90. The van der Waals surface area contributed by atoms with Crippen molar-refractivity contribution in [3.63, 3.8) is 0 Å². The van der Waals surface area contributed by atoms with Crippen LogP contribution in [-0.4, -0.2) is 43.7 Å². The van der Waals surface area contributed by atoms with Gasteiger partial charge in [-0.05, 0) is 48.4 Å². The SMILES string of the molecule is Cc1cc(NCc2ccc(C(F)(F)F)cc2)ccc1NC(=O)CN1CCOCC1. The number of carbonyl (C=O) groups excluding carboxylic acids is 1. The van der Waals surface area contributed by atoms with E-state index in [-0.39, 0.29) is 5.91 Å². The van der Waals surface area contributed by atoms with Gasteiger partial charge in [0.25, 0.3) is 0 Å².